The van der Waals surface area contributed by atoms with Gasteiger partial charge in [-0.05, 0) is 67.9 Å². The Morgan fingerprint density at radius 1 is 1.08 bits per heavy atom. The molecule has 39 heavy (non-hydrogen) atoms. The van der Waals surface area contributed by atoms with Crippen LogP contribution in [0.4, 0.5) is 14.5 Å². The molecule has 2 unspecified atom stereocenters. The number of nitrogens with zero attached hydrogens (tertiary/aromatic N) is 1. The minimum absolute atomic E-state index is 0.00341. The van der Waals surface area contributed by atoms with Crippen LogP contribution < -0.4 is 10.6 Å². The molecule has 0 aliphatic heterocycles. The average molecular weight is 580 g/mol. The fraction of sp³-hybridized carbons (Fsp3) is 0.346. The van der Waals surface area contributed by atoms with Gasteiger partial charge in [0.2, 0.25) is 0 Å². The summed E-state index contributed by atoms with van der Waals surface area (Å²) in [6, 6.07) is 6.63. The number of fused-ring (bicyclic) bond motifs is 2. The molecule has 2 amide bonds. The Bertz CT molecular complexity index is 1520. The first-order chi connectivity index (χ1) is 18.5. The number of halogens is 3. The molecule has 2 aliphatic carbocycles. The van der Waals surface area contributed by atoms with E-state index in [2.05, 4.69) is 15.6 Å². The van der Waals surface area contributed by atoms with Crippen molar-refractivity contribution in [2.24, 2.45) is 11.8 Å². The molecule has 2 fully saturated rings. The van der Waals surface area contributed by atoms with Crippen molar-refractivity contribution in [3.8, 4) is 0 Å². The van der Waals surface area contributed by atoms with E-state index in [9.17, 15) is 31.9 Å². The number of nitrogens with one attached hydrogen (secondary N) is 2. The van der Waals surface area contributed by atoms with Gasteiger partial charge in [0, 0.05) is 23.9 Å². The van der Waals surface area contributed by atoms with E-state index in [4.69, 9.17) is 16.0 Å². The molecule has 1 heterocycles. The Balaban J connectivity index is 1.32. The van der Waals surface area contributed by atoms with E-state index in [1.807, 2.05) is 0 Å². The number of benzene rings is 2. The smallest absolute Gasteiger partial charge is 0.307 e. The molecule has 2 saturated carbocycles. The van der Waals surface area contributed by atoms with E-state index in [1.54, 1.807) is 0 Å². The van der Waals surface area contributed by atoms with Crippen LogP contribution in [-0.2, 0) is 9.84 Å². The normalized spacial score (nSPS) is 24.4. The summed E-state index contributed by atoms with van der Waals surface area (Å²) in [6.07, 6.45) is 4.06. The van der Waals surface area contributed by atoms with Gasteiger partial charge in [-0.2, -0.15) is 0 Å². The second-order valence-corrected chi connectivity index (χ2v) is 12.5. The number of amides is 2. The molecule has 2 bridgehead atoms. The lowest BCUT2D eigenvalue weighted by molar-refractivity contribution is -0.0550. The number of carbonyl (C=O) groups excluding carboxylic acids is 2. The Morgan fingerprint density at radius 2 is 1.79 bits per heavy atom. The summed E-state index contributed by atoms with van der Waals surface area (Å²) in [7, 11) is -4.02. The van der Waals surface area contributed by atoms with Gasteiger partial charge in [-0.1, -0.05) is 11.6 Å². The first-order valence-corrected chi connectivity index (χ1v) is 14.1. The van der Waals surface area contributed by atoms with Crippen molar-refractivity contribution in [2.45, 2.75) is 41.4 Å². The molecule has 2 atom stereocenters. The molecular weight excluding hydrogens is 556 g/mol. The summed E-state index contributed by atoms with van der Waals surface area (Å²) >= 11 is 6.27. The van der Waals surface area contributed by atoms with E-state index in [1.165, 1.54) is 30.7 Å². The molecular formula is C26H24ClF2N3O6S. The van der Waals surface area contributed by atoms with Crippen LogP contribution in [-0.4, -0.2) is 47.7 Å². The van der Waals surface area contributed by atoms with Crippen molar-refractivity contribution in [3.63, 3.8) is 0 Å². The van der Waals surface area contributed by atoms with Gasteiger partial charge in [0.15, 0.2) is 21.5 Å². The standard InChI is InChI=1S/C26H24ClF2N3O6S/c27-19-5-1-14(23(33)32-17-4-6-20(28)21(29)12-17)9-22(19)39(36,37)18-10-15-2-3-16(11-18)26(15,35)13-31-24(34)25-30-7-8-38-25/h1,4-9,12,15-16,18,35H,2-3,10-11,13H2,(H,31,34)(H,32,33). The van der Waals surface area contributed by atoms with Gasteiger partial charge >= 0.3 is 5.91 Å². The minimum atomic E-state index is -4.02. The van der Waals surface area contributed by atoms with Crippen LogP contribution in [0.15, 0.2) is 58.2 Å². The number of hydrogen-bond donors (Lipinski definition) is 3. The summed E-state index contributed by atoms with van der Waals surface area (Å²) in [4.78, 5) is 28.5. The van der Waals surface area contributed by atoms with Gasteiger partial charge in [0.1, 0.15) is 6.26 Å². The minimum Gasteiger partial charge on any atom is -0.441 e. The van der Waals surface area contributed by atoms with Gasteiger partial charge in [-0.15, -0.1) is 0 Å². The summed E-state index contributed by atoms with van der Waals surface area (Å²) in [5.74, 6) is -4.43. The van der Waals surface area contributed by atoms with Gasteiger partial charge in [-0.25, -0.2) is 22.2 Å². The van der Waals surface area contributed by atoms with Crippen molar-refractivity contribution < 1.29 is 36.3 Å². The average Bonchev–Trinajstić information content (AvgIpc) is 3.47. The number of hydrogen-bond acceptors (Lipinski definition) is 7. The molecule has 206 valence electrons. The summed E-state index contributed by atoms with van der Waals surface area (Å²) in [5, 5.41) is 15.5. The largest absolute Gasteiger partial charge is 0.441 e. The van der Waals surface area contributed by atoms with Crippen LogP contribution in [0, 0.1) is 23.5 Å². The Kier molecular flexibility index (Phi) is 7.21. The first kappa shape index (κ1) is 27.2. The molecule has 5 rings (SSSR count). The third-order valence-corrected chi connectivity index (χ3v) is 10.3. The number of rotatable bonds is 7. The summed E-state index contributed by atoms with van der Waals surface area (Å²) in [6.45, 7) is -0.0727. The fourth-order valence-electron chi connectivity index (χ4n) is 5.60. The molecule has 0 saturated heterocycles. The van der Waals surface area contributed by atoms with E-state index in [-0.39, 0.29) is 58.3 Å². The van der Waals surface area contributed by atoms with Crippen molar-refractivity contribution in [2.75, 3.05) is 11.9 Å². The molecule has 2 aliphatic rings. The highest BCUT2D eigenvalue weighted by molar-refractivity contribution is 7.92. The van der Waals surface area contributed by atoms with E-state index in [0.717, 1.165) is 18.2 Å². The zero-order chi connectivity index (χ0) is 27.9. The number of aliphatic hydroxyl groups is 1. The number of sulfone groups is 1. The highest BCUT2D eigenvalue weighted by atomic mass is 35.5. The van der Waals surface area contributed by atoms with Gasteiger partial charge < -0.3 is 20.2 Å². The molecule has 3 N–H and O–H groups in total. The lowest BCUT2D eigenvalue weighted by Gasteiger charge is -2.42. The summed E-state index contributed by atoms with van der Waals surface area (Å²) in [5.41, 5.74) is -1.33. The van der Waals surface area contributed by atoms with Crippen LogP contribution in [0.25, 0.3) is 0 Å². The lowest BCUT2D eigenvalue weighted by atomic mass is 9.74. The highest BCUT2D eigenvalue weighted by Crippen LogP contribution is 2.52. The Hall–Kier alpha value is -3.35. The maximum Gasteiger partial charge on any atom is 0.307 e. The van der Waals surface area contributed by atoms with Crippen LogP contribution in [0.5, 0.6) is 0 Å². The zero-order valence-corrected chi connectivity index (χ0v) is 21.9. The predicted molar refractivity (Wildman–Crippen MR) is 136 cm³/mol. The quantitative estimate of drug-likeness (QED) is 0.385. The molecule has 13 heteroatoms. The zero-order valence-electron chi connectivity index (χ0n) is 20.4. The van der Waals surface area contributed by atoms with Crippen molar-refractivity contribution in [3.05, 3.63) is 77.0 Å². The predicted octanol–water partition coefficient (Wildman–Crippen LogP) is 3.98. The monoisotopic (exact) mass is 579 g/mol. The Morgan fingerprint density at radius 3 is 2.44 bits per heavy atom. The van der Waals surface area contributed by atoms with Crippen LogP contribution in [0.1, 0.15) is 46.7 Å². The Labute approximate surface area is 227 Å². The molecule has 9 nitrogen and oxygen atoms in total. The van der Waals surface area contributed by atoms with Gasteiger partial charge in [-0.3, -0.25) is 9.59 Å². The first-order valence-electron chi connectivity index (χ1n) is 12.2. The molecule has 0 spiro atoms. The SMILES string of the molecule is O=C(Nc1ccc(F)c(F)c1)c1ccc(Cl)c(S(=O)(=O)C2CC3CCC(C2)C3(O)CNC(=O)c2ncco2)c1. The van der Waals surface area contributed by atoms with Crippen molar-refractivity contribution in [1.82, 2.24) is 10.3 Å². The van der Waals surface area contributed by atoms with Crippen molar-refractivity contribution in [1.29, 1.82) is 0 Å². The van der Waals surface area contributed by atoms with E-state index < -0.39 is 44.1 Å². The molecule has 1 aromatic heterocycles. The van der Waals surface area contributed by atoms with Gasteiger partial charge in [0.05, 0.1) is 27.0 Å². The lowest BCUT2D eigenvalue weighted by Crippen LogP contribution is -2.54. The number of oxazole rings is 1. The van der Waals surface area contributed by atoms with Crippen LogP contribution in [0.2, 0.25) is 5.02 Å². The number of anilines is 1. The maximum absolute atomic E-state index is 13.7. The highest BCUT2D eigenvalue weighted by Gasteiger charge is 2.55. The van der Waals surface area contributed by atoms with Crippen LogP contribution in [0.3, 0.4) is 0 Å². The summed E-state index contributed by atoms with van der Waals surface area (Å²) < 4.78 is 59.1. The number of carbonyl (C=O) groups is 2. The second-order valence-electron chi connectivity index (χ2n) is 9.85. The second kappa shape index (κ2) is 10.3. The third kappa shape index (κ3) is 5.15. The van der Waals surface area contributed by atoms with Crippen molar-refractivity contribution >= 4 is 38.9 Å². The van der Waals surface area contributed by atoms with Gasteiger partial charge in [0.25, 0.3) is 11.8 Å². The molecule has 0 radical (unpaired) electrons. The fourth-order valence-corrected chi connectivity index (χ4v) is 8.01. The van der Waals surface area contributed by atoms with E-state index >= 15 is 0 Å². The number of aromatic nitrogens is 1. The third-order valence-electron chi connectivity index (χ3n) is 7.65. The topological polar surface area (TPSA) is 139 Å². The molecule has 2 aromatic carbocycles. The van der Waals surface area contributed by atoms with E-state index in [0.29, 0.717) is 12.8 Å². The molecule has 3 aromatic rings. The maximum atomic E-state index is 13.7. The van der Waals surface area contributed by atoms with Crippen LogP contribution >= 0.6 is 11.6 Å².